The maximum atomic E-state index is 14.1. The lowest BCUT2D eigenvalue weighted by atomic mass is 9.96. The van der Waals surface area contributed by atoms with Crippen molar-refractivity contribution >= 4 is 17.3 Å². The second-order valence-corrected chi connectivity index (χ2v) is 8.43. The summed E-state index contributed by atoms with van der Waals surface area (Å²) in [5.74, 6) is -0.527. The standard InChI is InChI=1S/C25H21ClF2N2O/c26-19-13-15(16-8-12-24(29-14-16)31-17-3-1-4-17)7-9-18(19)22-10-11-23(30-22)25-20(27)5-2-6-21(25)28/h2,5-9,12-14,17,22H,1,3-4,10-11H2/t22-/m1/s1. The first-order valence-corrected chi connectivity index (χ1v) is 10.9. The Morgan fingerprint density at radius 3 is 2.35 bits per heavy atom. The molecule has 2 aliphatic rings. The lowest BCUT2D eigenvalue weighted by molar-refractivity contribution is 0.114. The number of aliphatic imine (C=N–C) groups is 1. The molecule has 0 N–H and O–H groups in total. The summed E-state index contributed by atoms with van der Waals surface area (Å²) in [4.78, 5) is 9.00. The number of hydrogen-bond donors (Lipinski definition) is 0. The van der Waals surface area contributed by atoms with Gasteiger partial charge >= 0.3 is 0 Å². The predicted molar refractivity (Wildman–Crippen MR) is 118 cm³/mol. The van der Waals surface area contributed by atoms with E-state index in [2.05, 4.69) is 9.98 Å². The molecule has 1 saturated carbocycles. The summed E-state index contributed by atoms with van der Waals surface area (Å²) in [6.45, 7) is 0. The van der Waals surface area contributed by atoms with E-state index < -0.39 is 11.6 Å². The Bertz CT molecular complexity index is 1120. The quantitative estimate of drug-likeness (QED) is 0.432. The molecule has 3 nitrogen and oxygen atoms in total. The zero-order chi connectivity index (χ0) is 21.4. The maximum Gasteiger partial charge on any atom is 0.213 e. The van der Waals surface area contributed by atoms with Crippen LogP contribution >= 0.6 is 11.6 Å². The van der Waals surface area contributed by atoms with Gasteiger partial charge in [-0.25, -0.2) is 13.8 Å². The molecule has 1 fully saturated rings. The van der Waals surface area contributed by atoms with Gasteiger partial charge in [-0.2, -0.15) is 0 Å². The summed E-state index contributed by atoms with van der Waals surface area (Å²) in [7, 11) is 0. The molecule has 0 saturated heterocycles. The molecule has 2 heterocycles. The van der Waals surface area contributed by atoms with E-state index in [1.54, 1.807) is 6.20 Å². The summed E-state index contributed by atoms with van der Waals surface area (Å²) < 4.78 is 34.0. The normalized spacial score (nSPS) is 18.5. The third-order valence-corrected chi connectivity index (χ3v) is 6.31. The highest BCUT2D eigenvalue weighted by Crippen LogP contribution is 2.37. The van der Waals surface area contributed by atoms with Gasteiger partial charge in [0.2, 0.25) is 5.88 Å². The lowest BCUT2D eigenvalue weighted by Gasteiger charge is -2.25. The van der Waals surface area contributed by atoms with E-state index in [1.165, 1.54) is 24.6 Å². The van der Waals surface area contributed by atoms with Crippen LogP contribution in [0.5, 0.6) is 5.88 Å². The number of hydrogen-bond acceptors (Lipinski definition) is 3. The molecule has 0 radical (unpaired) electrons. The van der Waals surface area contributed by atoms with Crippen molar-refractivity contribution in [2.75, 3.05) is 0 Å². The van der Waals surface area contributed by atoms with E-state index in [0.29, 0.717) is 35.6 Å². The van der Waals surface area contributed by atoms with Crippen molar-refractivity contribution in [3.63, 3.8) is 0 Å². The van der Waals surface area contributed by atoms with Gasteiger partial charge in [-0.05, 0) is 67.5 Å². The zero-order valence-corrected chi connectivity index (χ0v) is 17.6. The first-order chi connectivity index (χ1) is 15.1. The largest absolute Gasteiger partial charge is 0.474 e. The zero-order valence-electron chi connectivity index (χ0n) is 16.8. The molecule has 0 bridgehead atoms. The Kier molecular flexibility index (Phi) is 5.45. The topological polar surface area (TPSA) is 34.5 Å². The minimum absolute atomic E-state index is 0.0342. The molecule has 1 aliphatic heterocycles. The monoisotopic (exact) mass is 438 g/mol. The number of nitrogens with zero attached hydrogens (tertiary/aromatic N) is 2. The minimum Gasteiger partial charge on any atom is -0.474 e. The van der Waals surface area contributed by atoms with E-state index in [0.717, 1.165) is 29.5 Å². The Hall–Kier alpha value is -2.79. The highest BCUT2D eigenvalue weighted by molar-refractivity contribution is 6.31. The number of benzene rings is 2. The van der Waals surface area contributed by atoms with E-state index in [1.807, 2.05) is 30.3 Å². The summed E-state index contributed by atoms with van der Waals surface area (Å²) >= 11 is 6.58. The van der Waals surface area contributed by atoms with Crippen LogP contribution in [0.2, 0.25) is 5.02 Å². The van der Waals surface area contributed by atoms with Crippen LogP contribution in [0.1, 0.15) is 49.3 Å². The van der Waals surface area contributed by atoms with Crippen LogP contribution in [0.25, 0.3) is 11.1 Å². The Balaban J connectivity index is 1.35. The molecule has 3 aromatic rings. The number of halogens is 3. The predicted octanol–water partition coefficient (Wildman–Crippen LogP) is 6.94. The molecule has 2 aromatic carbocycles. The first-order valence-electron chi connectivity index (χ1n) is 10.5. The van der Waals surface area contributed by atoms with Crippen LogP contribution in [0, 0.1) is 11.6 Å². The van der Waals surface area contributed by atoms with Gasteiger partial charge < -0.3 is 4.74 Å². The molecule has 5 rings (SSSR count). The molecule has 0 spiro atoms. The van der Waals surface area contributed by atoms with Gasteiger partial charge in [0.15, 0.2) is 0 Å². The number of aromatic nitrogens is 1. The Morgan fingerprint density at radius 1 is 0.935 bits per heavy atom. The van der Waals surface area contributed by atoms with Crippen LogP contribution in [-0.2, 0) is 0 Å². The van der Waals surface area contributed by atoms with Crippen molar-refractivity contribution in [1.82, 2.24) is 4.98 Å². The van der Waals surface area contributed by atoms with Gasteiger partial charge in [0.05, 0.1) is 11.6 Å². The second kappa shape index (κ2) is 8.39. The van der Waals surface area contributed by atoms with Gasteiger partial charge in [0.1, 0.15) is 17.7 Å². The first kappa shape index (κ1) is 20.1. The van der Waals surface area contributed by atoms with Crippen molar-refractivity contribution in [1.29, 1.82) is 0 Å². The summed E-state index contributed by atoms with van der Waals surface area (Å²) in [6.07, 6.45) is 6.65. The van der Waals surface area contributed by atoms with E-state index >= 15 is 0 Å². The van der Waals surface area contributed by atoms with Crippen molar-refractivity contribution in [3.8, 4) is 17.0 Å². The van der Waals surface area contributed by atoms with Gasteiger partial charge in [-0.1, -0.05) is 29.8 Å². The average molecular weight is 439 g/mol. The fourth-order valence-corrected chi connectivity index (χ4v) is 4.34. The molecule has 158 valence electrons. The molecule has 6 heteroatoms. The van der Waals surface area contributed by atoms with Gasteiger partial charge in [-0.3, -0.25) is 4.99 Å². The minimum atomic E-state index is -0.585. The summed E-state index contributed by atoms with van der Waals surface area (Å²) in [5.41, 5.74) is 3.16. The van der Waals surface area contributed by atoms with Crippen LogP contribution in [-0.4, -0.2) is 16.8 Å². The van der Waals surface area contributed by atoms with Crippen molar-refractivity contribution in [2.24, 2.45) is 4.99 Å². The highest BCUT2D eigenvalue weighted by Gasteiger charge is 2.26. The van der Waals surface area contributed by atoms with Crippen molar-refractivity contribution in [2.45, 2.75) is 44.2 Å². The summed E-state index contributed by atoms with van der Waals surface area (Å²) in [6, 6.07) is 13.3. The summed E-state index contributed by atoms with van der Waals surface area (Å²) in [5, 5.41) is 0.580. The van der Waals surface area contributed by atoms with Crippen molar-refractivity contribution in [3.05, 3.63) is 82.5 Å². The Labute approximate surface area is 184 Å². The van der Waals surface area contributed by atoms with Gasteiger partial charge in [-0.15, -0.1) is 0 Å². The molecule has 1 aliphatic carbocycles. The van der Waals surface area contributed by atoms with Crippen LogP contribution < -0.4 is 4.74 Å². The van der Waals surface area contributed by atoms with E-state index in [4.69, 9.17) is 16.3 Å². The molecular formula is C25H21ClF2N2O. The van der Waals surface area contributed by atoms with Crippen LogP contribution in [0.3, 0.4) is 0 Å². The van der Waals surface area contributed by atoms with Gasteiger partial charge in [0, 0.05) is 28.6 Å². The Morgan fingerprint density at radius 2 is 1.71 bits per heavy atom. The lowest BCUT2D eigenvalue weighted by Crippen LogP contribution is -2.24. The average Bonchev–Trinajstić information content (AvgIpc) is 3.20. The number of ether oxygens (including phenoxy) is 1. The molecule has 31 heavy (non-hydrogen) atoms. The second-order valence-electron chi connectivity index (χ2n) is 8.02. The molecule has 1 atom stereocenters. The van der Waals surface area contributed by atoms with Crippen molar-refractivity contribution < 1.29 is 13.5 Å². The van der Waals surface area contributed by atoms with E-state index in [9.17, 15) is 8.78 Å². The number of pyridine rings is 1. The third kappa shape index (κ3) is 4.07. The van der Waals surface area contributed by atoms with E-state index in [-0.39, 0.29) is 11.6 Å². The SMILES string of the molecule is Fc1cccc(F)c1C1=N[C@@H](c2ccc(-c3ccc(OC4CCC4)nc3)cc2Cl)CC1. The third-order valence-electron chi connectivity index (χ3n) is 5.99. The van der Waals surface area contributed by atoms with Crippen LogP contribution in [0.15, 0.2) is 59.7 Å². The molecule has 0 unspecified atom stereocenters. The maximum absolute atomic E-state index is 14.1. The fourth-order valence-electron chi connectivity index (χ4n) is 4.04. The number of rotatable bonds is 5. The van der Waals surface area contributed by atoms with Crippen LogP contribution in [0.4, 0.5) is 8.78 Å². The molecule has 0 amide bonds. The fraction of sp³-hybridized carbons (Fsp3) is 0.280. The molecular weight excluding hydrogens is 418 g/mol. The smallest absolute Gasteiger partial charge is 0.213 e. The molecule has 1 aromatic heterocycles. The highest BCUT2D eigenvalue weighted by atomic mass is 35.5. The van der Waals surface area contributed by atoms with Gasteiger partial charge in [0.25, 0.3) is 0 Å².